The SMILES string of the molecule is CCCN(C)Cc1ncc(-c2ccc(-c3ccc(-c4cnc(NC(=O)C(Cc5ccccc5)NC(=O)OC(C)(C)C)[nH]4)cc3)cc2)[nH]1. The fraction of sp³-hybridized carbons (Fsp3) is 0.297. The second-order valence-corrected chi connectivity index (χ2v) is 12.7. The Bertz CT molecular complexity index is 1750. The fourth-order valence-corrected chi connectivity index (χ4v) is 5.23. The topological polar surface area (TPSA) is 128 Å². The number of aromatic amines is 2. The molecule has 0 saturated heterocycles. The first-order valence-corrected chi connectivity index (χ1v) is 15.9. The van der Waals surface area contributed by atoms with Crippen LogP contribution in [0.3, 0.4) is 0 Å². The number of nitrogens with one attached hydrogen (secondary N) is 4. The van der Waals surface area contributed by atoms with Crippen molar-refractivity contribution in [2.75, 3.05) is 18.9 Å². The van der Waals surface area contributed by atoms with Crippen LogP contribution < -0.4 is 10.6 Å². The number of carbonyl (C=O) groups is 2. The average molecular weight is 634 g/mol. The highest BCUT2D eigenvalue weighted by atomic mass is 16.6. The van der Waals surface area contributed by atoms with Crippen LogP contribution in [0.1, 0.15) is 45.5 Å². The normalized spacial score (nSPS) is 12.1. The summed E-state index contributed by atoms with van der Waals surface area (Å²) >= 11 is 0. The summed E-state index contributed by atoms with van der Waals surface area (Å²) in [6.45, 7) is 9.33. The van der Waals surface area contributed by atoms with E-state index in [4.69, 9.17) is 4.74 Å². The van der Waals surface area contributed by atoms with E-state index in [9.17, 15) is 9.59 Å². The molecule has 0 aliphatic heterocycles. The van der Waals surface area contributed by atoms with Crippen molar-refractivity contribution in [1.82, 2.24) is 30.2 Å². The predicted octanol–water partition coefficient (Wildman–Crippen LogP) is 7.05. The van der Waals surface area contributed by atoms with Crippen molar-refractivity contribution < 1.29 is 14.3 Å². The highest BCUT2D eigenvalue weighted by molar-refractivity contribution is 5.95. The molecular formula is C37H43N7O3. The summed E-state index contributed by atoms with van der Waals surface area (Å²) in [4.78, 5) is 43.6. The number of nitrogens with zero attached hydrogens (tertiary/aromatic N) is 3. The zero-order chi connectivity index (χ0) is 33.4. The highest BCUT2D eigenvalue weighted by Gasteiger charge is 2.25. The second-order valence-electron chi connectivity index (χ2n) is 12.7. The monoisotopic (exact) mass is 633 g/mol. The Morgan fingerprint density at radius 1 is 0.830 bits per heavy atom. The smallest absolute Gasteiger partial charge is 0.408 e. The molecule has 1 atom stereocenters. The largest absolute Gasteiger partial charge is 0.444 e. The molecule has 0 aliphatic rings. The maximum Gasteiger partial charge on any atom is 0.408 e. The van der Waals surface area contributed by atoms with Crippen molar-refractivity contribution in [3.63, 3.8) is 0 Å². The number of anilines is 1. The van der Waals surface area contributed by atoms with E-state index >= 15 is 0 Å². The molecular weight excluding hydrogens is 590 g/mol. The van der Waals surface area contributed by atoms with Crippen LogP contribution in [0.15, 0.2) is 91.3 Å². The molecule has 47 heavy (non-hydrogen) atoms. The Morgan fingerprint density at radius 3 is 2.00 bits per heavy atom. The molecule has 2 aromatic heterocycles. The molecule has 0 fully saturated rings. The van der Waals surface area contributed by atoms with Gasteiger partial charge in [-0.1, -0.05) is 85.8 Å². The molecule has 2 amide bonds. The van der Waals surface area contributed by atoms with Crippen LogP contribution in [0.5, 0.6) is 0 Å². The minimum Gasteiger partial charge on any atom is -0.444 e. The Labute approximate surface area is 276 Å². The number of rotatable bonds is 12. The lowest BCUT2D eigenvalue weighted by molar-refractivity contribution is -0.118. The molecule has 2 heterocycles. The number of amides is 2. The number of imidazole rings is 2. The average Bonchev–Trinajstić information content (AvgIpc) is 3.71. The van der Waals surface area contributed by atoms with E-state index in [1.165, 1.54) is 0 Å². The number of ether oxygens (including phenoxy) is 1. The van der Waals surface area contributed by atoms with Gasteiger partial charge in [-0.15, -0.1) is 0 Å². The first-order chi connectivity index (χ1) is 22.6. The van der Waals surface area contributed by atoms with Crippen LogP contribution in [0.4, 0.5) is 10.7 Å². The van der Waals surface area contributed by atoms with Crippen LogP contribution >= 0.6 is 0 Å². The Balaban J connectivity index is 1.22. The predicted molar refractivity (Wildman–Crippen MR) is 186 cm³/mol. The van der Waals surface area contributed by atoms with Crippen LogP contribution in [0, 0.1) is 0 Å². The fourth-order valence-electron chi connectivity index (χ4n) is 5.23. The first-order valence-electron chi connectivity index (χ1n) is 15.9. The third kappa shape index (κ3) is 9.40. The van der Waals surface area contributed by atoms with Gasteiger partial charge in [0.1, 0.15) is 17.5 Å². The van der Waals surface area contributed by atoms with Crippen molar-refractivity contribution in [2.24, 2.45) is 0 Å². The molecule has 0 saturated carbocycles. The number of aromatic nitrogens is 4. The minimum absolute atomic E-state index is 0.285. The number of carbonyl (C=O) groups excluding carboxylic acids is 2. The number of hydrogen-bond donors (Lipinski definition) is 4. The molecule has 0 bridgehead atoms. The first kappa shape index (κ1) is 33.2. The number of benzene rings is 3. The van der Waals surface area contributed by atoms with Crippen molar-refractivity contribution >= 4 is 17.9 Å². The Morgan fingerprint density at radius 2 is 1.40 bits per heavy atom. The standard InChI is InChI=1S/C37H43N7O3/c1-6-20-44(5)24-33-38-22-31(40-33)28-16-12-26(13-17-28)27-14-18-29(19-15-27)32-23-39-35(41-32)43-34(45)30(21-25-10-8-7-9-11-25)42-36(46)47-37(2,3)4/h7-19,22-23,30H,6,20-21,24H2,1-5H3,(H,38,40)(H,42,46)(H2,39,41,43,45). The van der Waals surface area contributed by atoms with Gasteiger partial charge in [0, 0.05) is 6.42 Å². The Hall–Kier alpha value is -5.22. The molecule has 0 spiro atoms. The molecule has 3 aromatic carbocycles. The van der Waals surface area contributed by atoms with E-state index in [2.05, 4.69) is 85.8 Å². The number of H-pyrrole nitrogens is 2. The summed E-state index contributed by atoms with van der Waals surface area (Å²) in [6.07, 6.45) is 4.30. The third-order valence-corrected chi connectivity index (χ3v) is 7.49. The lowest BCUT2D eigenvalue weighted by Crippen LogP contribution is -2.47. The van der Waals surface area contributed by atoms with E-state index in [0.717, 1.165) is 64.5 Å². The number of alkyl carbamates (subject to hydrolysis) is 1. The second kappa shape index (κ2) is 14.9. The quantitative estimate of drug-likeness (QED) is 0.117. The summed E-state index contributed by atoms with van der Waals surface area (Å²) < 4.78 is 5.40. The van der Waals surface area contributed by atoms with Gasteiger partial charge in [-0.05, 0) is 68.6 Å². The van der Waals surface area contributed by atoms with Gasteiger partial charge >= 0.3 is 6.09 Å². The third-order valence-electron chi connectivity index (χ3n) is 7.49. The molecule has 1 unspecified atom stereocenters. The van der Waals surface area contributed by atoms with E-state index in [1.54, 1.807) is 27.0 Å². The summed E-state index contributed by atoms with van der Waals surface area (Å²) in [5.41, 5.74) is 6.15. The van der Waals surface area contributed by atoms with Gasteiger partial charge in [-0.3, -0.25) is 15.0 Å². The van der Waals surface area contributed by atoms with Crippen LogP contribution in [-0.4, -0.2) is 62.1 Å². The van der Waals surface area contributed by atoms with E-state index in [-0.39, 0.29) is 5.95 Å². The van der Waals surface area contributed by atoms with Gasteiger partial charge < -0.3 is 20.0 Å². The van der Waals surface area contributed by atoms with Gasteiger partial charge in [0.2, 0.25) is 11.9 Å². The molecule has 5 aromatic rings. The summed E-state index contributed by atoms with van der Waals surface area (Å²) in [5, 5.41) is 5.51. The van der Waals surface area contributed by atoms with Crippen LogP contribution in [0.25, 0.3) is 33.6 Å². The van der Waals surface area contributed by atoms with Crippen LogP contribution in [0.2, 0.25) is 0 Å². The van der Waals surface area contributed by atoms with Crippen molar-refractivity contribution in [1.29, 1.82) is 0 Å². The maximum absolute atomic E-state index is 13.3. The van der Waals surface area contributed by atoms with E-state index in [0.29, 0.717) is 6.42 Å². The molecule has 5 rings (SSSR count). The van der Waals surface area contributed by atoms with Gasteiger partial charge in [0.15, 0.2) is 0 Å². The Kier molecular flexibility index (Phi) is 10.5. The van der Waals surface area contributed by atoms with Crippen LogP contribution in [-0.2, 0) is 22.5 Å². The van der Waals surface area contributed by atoms with Crippen molar-refractivity contribution in [2.45, 2.75) is 58.7 Å². The van der Waals surface area contributed by atoms with E-state index in [1.807, 2.05) is 48.7 Å². The molecule has 10 nitrogen and oxygen atoms in total. The summed E-state index contributed by atoms with van der Waals surface area (Å²) in [7, 11) is 2.10. The van der Waals surface area contributed by atoms with Gasteiger partial charge in [0.25, 0.3) is 0 Å². The molecule has 10 heteroatoms. The zero-order valence-electron chi connectivity index (χ0n) is 27.6. The maximum atomic E-state index is 13.3. The highest BCUT2D eigenvalue weighted by Crippen LogP contribution is 2.27. The summed E-state index contributed by atoms with van der Waals surface area (Å²) in [6, 6.07) is 25.2. The zero-order valence-corrected chi connectivity index (χ0v) is 27.6. The van der Waals surface area contributed by atoms with Crippen molar-refractivity contribution in [3.05, 3.63) is 103 Å². The molecule has 4 N–H and O–H groups in total. The van der Waals surface area contributed by atoms with Gasteiger partial charge in [-0.2, -0.15) is 0 Å². The number of hydrogen-bond acceptors (Lipinski definition) is 6. The lowest BCUT2D eigenvalue weighted by Gasteiger charge is -2.23. The van der Waals surface area contributed by atoms with E-state index < -0.39 is 23.6 Å². The molecule has 0 radical (unpaired) electrons. The minimum atomic E-state index is -0.866. The lowest BCUT2D eigenvalue weighted by atomic mass is 10.0. The van der Waals surface area contributed by atoms with Gasteiger partial charge in [0.05, 0.1) is 30.3 Å². The summed E-state index contributed by atoms with van der Waals surface area (Å²) in [5.74, 6) is 0.837. The molecule has 244 valence electrons. The molecule has 0 aliphatic carbocycles. The van der Waals surface area contributed by atoms with Gasteiger partial charge in [-0.25, -0.2) is 14.8 Å². The van der Waals surface area contributed by atoms with Crippen molar-refractivity contribution in [3.8, 4) is 33.6 Å².